The summed E-state index contributed by atoms with van der Waals surface area (Å²) in [6.45, 7) is 1.32. The van der Waals surface area contributed by atoms with Gasteiger partial charge in [-0.05, 0) is 29.6 Å². The van der Waals surface area contributed by atoms with Crippen LogP contribution < -0.4 is 4.90 Å². The first-order valence-corrected chi connectivity index (χ1v) is 7.79. The standard InChI is InChI=1S/C16H12ClNO3S/c1-9(19)21-15(13-4-3-7-22-13)14-11-8-10(17)5-6-12(11)18(2)16(14)20/h3-8H,1-2H3/b15-14-. The van der Waals surface area contributed by atoms with E-state index in [2.05, 4.69) is 0 Å². The molecule has 2 aromatic rings. The largest absolute Gasteiger partial charge is 0.424 e. The first kappa shape index (κ1) is 14.8. The maximum atomic E-state index is 12.6. The number of rotatable bonds is 2. The van der Waals surface area contributed by atoms with Crippen LogP contribution in [0, 0.1) is 0 Å². The number of carbonyl (C=O) groups excluding carboxylic acids is 2. The average molecular weight is 334 g/mol. The molecule has 22 heavy (non-hydrogen) atoms. The van der Waals surface area contributed by atoms with Crippen LogP contribution in [0.3, 0.4) is 0 Å². The lowest BCUT2D eigenvalue weighted by molar-refractivity contribution is -0.134. The van der Waals surface area contributed by atoms with E-state index in [4.69, 9.17) is 16.3 Å². The van der Waals surface area contributed by atoms with Crippen LogP contribution in [0.2, 0.25) is 5.02 Å². The molecule has 2 heterocycles. The van der Waals surface area contributed by atoms with Gasteiger partial charge in [0, 0.05) is 24.6 Å². The molecule has 0 N–H and O–H groups in total. The Hall–Kier alpha value is -2.11. The van der Waals surface area contributed by atoms with E-state index in [1.165, 1.54) is 23.2 Å². The molecule has 3 rings (SSSR count). The predicted octanol–water partition coefficient (Wildman–Crippen LogP) is 3.81. The molecule has 0 saturated carbocycles. The van der Waals surface area contributed by atoms with Gasteiger partial charge in [-0.25, -0.2) is 0 Å². The number of anilines is 1. The molecule has 0 atom stereocenters. The lowest BCUT2D eigenvalue weighted by Gasteiger charge is -2.10. The lowest BCUT2D eigenvalue weighted by atomic mass is 10.1. The van der Waals surface area contributed by atoms with Crippen LogP contribution in [0.4, 0.5) is 5.69 Å². The molecule has 1 aromatic carbocycles. The Morgan fingerprint density at radius 3 is 2.73 bits per heavy atom. The molecule has 0 bridgehead atoms. The van der Waals surface area contributed by atoms with Gasteiger partial charge in [-0.3, -0.25) is 9.59 Å². The van der Waals surface area contributed by atoms with Crippen molar-refractivity contribution in [3.63, 3.8) is 0 Å². The number of esters is 1. The molecular weight excluding hydrogens is 322 g/mol. The van der Waals surface area contributed by atoms with E-state index in [0.717, 1.165) is 10.6 Å². The van der Waals surface area contributed by atoms with Gasteiger partial charge in [0.05, 0.1) is 16.1 Å². The van der Waals surface area contributed by atoms with Crippen molar-refractivity contribution in [1.29, 1.82) is 0 Å². The number of hydrogen-bond acceptors (Lipinski definition) is 4. The number of likely N-dealkylation sites (N-methyl/N-ethyl adjacent to an activating group) is 1. The number of halogens is 1. The van der Waals surface area contributed by atoms with Crippen molar-refractivity contribution in [2.45, 2.75) is 6.92 Å². The van der Waals surface area contributed by atoms with Crippen LogP contribution in [0.25, 0.3) is 11.3 Å². The fraction of sp³-hybridized carbons (Fsp3) is 0.125. The van der Waals surface area contributed by atoms with Crippen LogP contribution in [-0.4, -0.2) is 18.9 Å². The van der Waals surface area contributed by atoms with E-state index >= 15 is 0 Å². The second kappa shape index (κ2) is 5.59. The van der Waals surface area contributed by atoms with Gasteiger partial charge in [0.1, 0.15) is 0 Å². The number of ether oxygens (including phenoxy) is 1. The number of nitrogens with zero attached hydrogens (tertiary/aromatic N) is 1. The molecule has 0 fully saturated rings. The van der Waals surface area contributed by atoms with Crippen molar-refractivity contribution in [3.8, 4) is 0 Å². The monoisotopic (exact) mass is 333 g/mol. The molecule has 1 aliphatic heterocycles. The van der Waals surface area contributed by atoms with Gasteiger partial charge >= 0.3 is 5.97 Å². The summed E-state index contributed by atoms with van der Waals surface area (Å²) in [6.07, 6.45) is 0. The second-order valence-corrected chi connectivity index (χ2v) is 6.18. The fourth-order valence-electron chi connectivity index (χ4n) is 2.39. The minimum atomic E-state index is -0.471. The SMILES string of the molecule is CC(=O)O/C(=C1\C(=O)N(C)c2ccc(Cl)cc21)c1cccs1. The Labute approximate surface area is 136 Å². The van der Waals surface area contributed by atoms with Crippen molar-refractivity contribution < 1.29 is 14.3 Å². The summed E-state index contributed by atoms with van der Waals surface area (Å²) in [7, 11) is 1.68. The van der Waals surface area contributed by atoms with Crippen LogP contribution in [-0.2, 0) is 14.3 Å². The molecule has 1 amide bonds. The Morgan fingerprint density at radius 2 is 2.09 bits per heavy atom. The third kappa shape index (κ3) is 2.42. The summed E-state index contributed by atoms with van der Waals surface area (Å²) < 4.78 is 5.35. The molecule has 0 radical (unpaired) electrons. The molecular formula is C16H12ClNO3S. The molecule has 0 spiro atoms. The van der Waals surface area contributed by atoms with Crippen LogP contribution >= 0.6 is 22.9 Å². The molecule has 112 valence electrons. The number of hydrogen-bond donors (Lipinski definition) is 0. The van der Waals surface area contributed by atoms with E-state index in [1.807, 2.05) is 17.5 Å². The van der Waals surface area contributed by atoms with Crippen LogP contribution in [0.1, 0.15) is 17.4 Å². The normalized spacial score (nSPS) is 15.8. The zero-order valence-corrected chi connectivity index (χ0v) is 13.5. The summed E-state index contributed by atoms with van der Waals surface area (Å²) in [6, 6.07) is 8.87. The number of fused-ring (bicyclic) bond motifs is 1. The first-order valence-electron chi connectivity index (χ1n) is 6.53. The van der Waals surface area contributed by atoms with Gasteiger partial charge in [-0.2, -0.15) is 0 Å². The van der Waals surface area contributed by atoms with Crippen molar-refractivity contribution in [2.75, 3.05) is 11.9 Å². The number of amides is 1. The van der Waals surface area contributed by atoms with Gasteiger partial charge in [0.2, 0.25) is 0 Å². The predicted molar refractivity (Wildman–Crippen MR) is 87.8 cm³/mol. The highest BCUT2D eigenvalue weighted by atomic mass is 35.5. The van der Waals surface area contributed by atoms with Gasteiger partial charge in [-0.15, -0.1) is 11.3 Å². The topological polar surface area (TPSA) is 46.6 Å². The molecule has 1 aliphatic rings. The van der Waals surface area contributed by atoms with E-state index in [-0.39, 0.29) is 11.7 Å². The van der Waals surface area contributed by atoms with E-state index in [1.54, 1.807) is 25.2 Å². The average Bonchev–Trinajstić information content (AvgIpc) is 3.06. The summed E-state index contributed by atoms with van der Waals surface area (Å²) in [5.41, 5.74) is 1.77. The van der Waals surface area contributed by atoms with E-state index in [9.17, 15) is 9.59 Å². The summed E-state index contributed by atoms with van der Waals surface area (Å²) in [4.78, 5) is 26.3. The molecule has 6 heteroatoms. The summed E-state index contributed by atoms with van der Waals surface area (Å²) in [5, 5.41) is 2.38. The molecule has 1 aromatic heterocycles. The zero-order valence-electron chi connectivity index (χ0n) is 11.9. The molecule has 0 aliphatic carbocycles. The third-order valence-electron chi connectivity index (χ3n) is 3.33. The second-order valence-electron chi connectivity index (χ2n) is 4.80. The van der Waals surface area contributed by atoms with Crippen LogP contribution in [0.15, 0.2) is 35.7 Å². The summed E-state index contributed by atoms with van der Waals surface area (Å²) >= 11 is 7.47. The third-order valence-corrected chi connectivity index (χ3v) is 4.43. The zero-order chi connectivity index (χ0) is 15.9. The highest BCUT2D eigenvalue weighted by Gasteiger charge is 2.34. The summed E-state index contributed by atoms with van der Waals surface area (Å²) in [5.74, 6) is -0.413. The highest BCUT2D eigenvalue weighted by molar-refractivity contribution is 7.11. The van der Waals surface area contributed by atoms with E-state index in [0.29, 0.717) is 16.2 Å². The minimum absolute atomic E-state index is 0.220. The maximum absolute atomic E-state index is 12.6. The molecule has 0 unspecified atom stereocenters. The smallest absolute Gasteiger partial charge is 0.308 e. The Balaban J connectivity index is 2.29. The van der Waals surface area contributed by atoms with Gasteiger partial charge in [0.15, 0.2) is 5.76 Å². The number of carbonyl (C=O) groups is 2. The fourth-order valence-corrected chi connectivity index (χ4v) is 3.27. The van der Waals surface area contributed by atoms with Crippen molar-refractivity contribution >= 4 is 51.8 Å². The Bertz CT molecular complexity index is 796. The quantitative estimate of drug-likeness (QED) is 0.477. The number of benzene rings is 1. The first-order chi connectivity index (χ1) is 10.5. The number of thiophene rings is 1. The molecule has 4 nitrogen and oxygen atoms in total. The highest BCUT2D eigenvalue weighted by Crippen LogP contribution is 2.42. The van der Waals surface area contributed by atoms with Gasteiger partial charge in [0.25, 0.3) is 5.91 Å². The van der Waals surface area contributed by atoms with Gasteiger partial charge in [-0.1, -0.05) is 17.7 Å². The van der Waals surface area contributed by atoms with Gasteiger partial charge < -0.3 is 9.64 Å². The minimum Gasteiger partial charge on any atom is -0.424 e. The van der Waals surface area contributed by atoms with Crippen LogP contribution in [0.5, 0.6) is 0 Å². The Kier molecular flexibility index (Phi) is 3.76. The van der Waals surface area contributed by atoms with Crippen molar-refractivity contribution in [3.05, 3.63) is 51.2 Å². The Morgan fingerprint density at radius 1 is 1.32 bits per heavy atom. The van der Waals surface area contributed by atoms with E-state index < -0.39 is 5.97 Å². The van der Waals surface area contributed by atoms with Crippen molar-refractivity contribution in [2.24, 2.45) is 0 Å². The lowest BCUT2D eigenvalue weighted by Crippen LogP contribution is -2.21. The van der Waals surface area contributed by atoms with Crippen molar-refractivity contribution in [1.82, 2.24) is 0 Å². The maximum Gasteiger partial charge on any atom is 0.308 e. The molecule has 0 saturated heterocycles.